The summed E-state index contributed by atoms with van der Waals surface area (Å²) in [6.45, 7) is 4.76. The van der Waals surface area contributed by atoms with Gasteiger partial charge in [-0.2, -0.15) is 0 Å². The van der Waals surface area contributed by atoms with Gasteiger partial charge in [0.2, 0.25) is 0 Å². The maximum absolute atomic E-state index is 12.2. The number of alkyl halides is 1. The lowest BCUT2D eigenvalue weighted by Crippen LogP contribution is -2.37. The van der Waals surface area contributed by atoms with E-state index in [9.17, 15) is 4.79 Å². The lowest BCUT2D eigenvalue weighted by molar-refractivity contribution is 0.0706. The van der Waals surface area contributed by atoms with Crippen LogP contribution < -0.4 is 0 Å². The van der Waals surface area contributed by atoms with Crippen LogP contribution in [0.4, 0.5) is 0 Å². The van der Waals surface area contributed by atoms with Crippen molar-refractivity contribution in [2.75, 3.05) is 12.4 Å². The monoisotopic (exact) mass is 239 g/mol. The molecule has 0 radical (unpaired) electrons. The number of halogens is 1. The van der Waals surface area contributed by atoms with Crippen LogP contribution in [-0.2, 0) is 0 Å². The topological polar surface area (TPSA) is 20.3 Å². The summed E-state index contributed by atoms with van der Waals surface area (Å²) in [6, 6.07) is 9.57. The van der Waals surface area contributed by atoms with E-state index < -0.39 is 0 Å². The highest BCUT2D eigenvalue weighted by molar-refractivity contribution is 6.17. The van der Waals surface area contributed by atoms with Gasteiger partial charge in [-0.1, -0.05) is 18.2 Å². The lowest BCUT2D eigenvalue weighted by Gasteiger charge is -2.26. The molecule has 0 unspecified atom stereocenters. The van der Waals surface area contributed by atoms with Gasteiger partial charge >= 0.3 is 0 Å². The zero-order valence-electron chi connectivity index (χ0n) is 9.82. The third kappa shape index (κ3) is 3.53. The molecule has 0 fully saturated rings. The number of hydrogen-bond donors (Lipinski definition) is 0. The normalized spacial score (nSPS) is 10.5. The van der Waals surface area contributed by atoms with Crippen molar-refractivity contribution >= 4 is 17.5 Å². The Balaban J connectivity index is 2.75. The van der Waals surface area contributed by atoms with Crippen LogP contribution in [0.3, 0.4) is 0 Å². The molecule has 0 N–H and O–H groups in total. The molecule has 0 aliphatic rings. The Morgan fingerprint density at radius 3 is 2.44 bits per heavy atom. The largest absolute Gasteiger partial charge is 0.336 e. The molecular formula is C13H18ClNO. The number of nitrogens with zero attached hydrogens (tertiary/aromatic N) is 1. The van der Waals surface area contributed by atoms with Crippen LogP contribution in [0.2, 0.25) is 0 Å². The minimum Gasteiger partial charge on any atom is -0.336 e. The van der Waals surface area contributed by atoms with Gasteiger partial charge in [0.15, 0.2) is 0 Å². The fraction of sp³-hybridized carbons (Fsp3) is 0.462. The average Bonchev–Trinajstić information content (AvgIpc) is 2.30. The standard InChI is InChI=1S/C13H18ClNO/c1-11(2)15(10-6-9-14)13(16)12-7-4-3-5-8-12/h3-5,7-8,11H,6,9-10H2,1-2H3. The molecule has 88 valence electrons. The van der Waals surface area contributed by atoms with Crippen LogP contribution >= 0.6 is 11.6 Å². The Labute approximate surface area is 102 Å². The molecule has 0 aliphatic heterocycles. The first-order valence-corrected chi connectivity index (χ1v) is 6.12. The molecular weight excluding hydrogens is 222 g/mol. The van der Waals surface area contributed by atoms with Gasteiger partial charge in [-0.15, -0.1) is 11.6 Å². The summed E-state index contributed by atoms with van der Waals surface area (Å²) in [6.07, 6.45) is 0.832. The van der Waals surface area contributed by atoms with Gasteiger partial charge in [-0.05, 0) is 32.4 Å². The SMILES string of the molecule is CC(C)N(CCCCl)C(=O)c1ccccc1. The minimum absolute atomic E-state index is 0.0840. The van der Waals surface area contributed by atoms with Gasteiger partial charge < -0.3 is 4.90 Å². The molecule has 0 aliphatic carbocycles. The smallest absolute Gasteiger partial charge is 0.254 e. The van der Waals surface area contributed by atoms with E-state index in [4.69, 9.17) is 11.6 Å². The van der Waals surface area contributed by atoms with E-state index in [0.29, 0.717) is 5.88 Å². The number of amides is 1. The Bertz CT molecular complexity index is 324. The second kappa shape index (κ2) is 6.54. The van der Waals surface area contributed by atoms with Crippen molar-refractivity contribution in [1.82, 2.24) is 4.90 Å². The first-order chi connectivity index (χ1) is 7.66. The van der Waals surface area contributed by atoms with Crippen molar-refractivity contribution in [3.8, 4) is 0 Å². The third-order valence-electron chi connectivity index (χ3n) is 2.44. The summed E-state index contributed by atoms with van der Waals surface area (Å²) in [5.74, 6) is 0.673. The van der Waals surface area contributed by atoms with Gasteiger partial charge in [0.25, 0.3) is 5.91 Å². The molecule has 2 nitrogen and oxygen atoms in total. The molecule has 0 bridgehead atoms. The predicted octanol–water partition coefficient (Wildman–Crippen LogP) is 3.17. The van der Waals surface area contributed by atoms with Crippen LogP contribution in [0, 0.1) is 0 Å². The van der Waals surface area contributed by atoms with Crippen LogP contribution in [0.5, 0.6) is 0 Å². The van der Waals surface area contributed by atoms with Crippen molar-refractivity contribution < 1.29 is 4.79 Å². The van der Waals surface area contributed by atoms with Crippen LogP contribution in [0.1, 0.15) is 30.6 Å². The Kier molecular flexibility index (Phi) is 5.33. The van der Waals surface area contributed by atoms with Crippen molar-refractivity contribution in [2.45, 2.75) is 26.3 Å². The summed E-state index contributed by atoms with van der Waals surface area (Å²) in [5, 5.41) is 0. The number of benzene rings is 1. The number of rotatable bonds is 5. The molecule has 1 rings (SSSR count). The number of carbonyl (C=O) groups excluding carboxylic acids is 1. The highest BCUT2D eigenvalue weighted by atomic mass is 35.5. The van der Waals surface area contributed by atoms with E-state index in [-0.39, 0.29) is 11.9 Å². The molecule has 0 spiro atoms. The van der Waals surface area contributed by atoms with E-state index in [1.54, 1.807) is 0 Å². The second-order valence-electron chi connectivity index (χ2n) is 4.00. The molecule has 1 amide bonds. The van der Waals surface area contributed by atoms with Crippen LogP contribution in [-0.4, -0.2) is 29.3 Å². The van der Waals surface area contributed by atoms with E-state index in [2.05, 4.69) is 0 Å². The summed E-state index contributed by atoms with van der Waals surface area (Å²) in [5.41, 5.74) is 0.741. The van der Waals surface area contributed by atoms with Crippen LogP contribution in [0.25, 0.3) is 0 Å². The van der Waals surface area contributed by atoms with E-state index in [1.165, 1.54) is 0 Å². The van der Waals surface area contributed by atoms with Gasteiger partial charge in [0.05, 0.1) is 0 Å². The maximum atomic E-state index is 12.2. The highest BCUT2D eigenvalue weighted by Gasteiger charge is 2.17. The number of carbonyl (C=O) groups is 1. The fourth-order valence-electron chi connectivity index (χ4n) is 1.57. The molecule has 0 heterocycles. The van der Waals surface area contributed by atoms with Gasteiger partial charge in [-0.3, -0.25) is 4.79 Å². The van der Waals surface area contributed by atoms with Crippen molar-refractivity contribution in [2.24, 2.45) is 0 Å². The molecule has 16 heavy (non-hydrogen) atoms. The zero-order valence-corrected chi connectivity index (χ0v) is 10.6. The van der Waals surface area contributed by atoms with E-state index in [0.717, 1.165) is 18.5 Å². The first kappa shape index (κ1) is 13.0. The summed E-state index contributed by atoms with van der Waals surface area (Å²) in [4.78, 5) is 14.0. The Hall–Kier alpha value is -1.02. The minimum atomic E-state index is 0.0840. The lowest BCUT2D eigenvalue weighted by atomic mass is 10.1. The molecule has 0 atom stereocenters. The van der Waals surface area contributed by atoms with E-state index in [1.807, 2.05) is 49.1 Å². The molecule has 3 heteroatoms. The fourth-order valence-corrected chi connectivity index (χ4v) is 1.69. The molecule has 0 saturated carbocycles. The van der Waals surface area contributed by atoms with Gasteiger partial charge in [0.1, 0.15) is 0 Å². The van der Waals surface area contributed by atoms with Crippen LogP contribution in [0.15, 0.2) is 30.3 Å². The van der Waals surface area contributed by atoms with Crippen molar-refractivity contribution in [3.05, 3.63) is 35.9 Å². The molecule has 0 saturated heterocycles. The Morgan fingerprint density at radius 1 is 1.31 bits per heavy atom. The second-order valence-corrected chi connectivity index (χ2v) is 4.38. The molecule has 1 aromatic rings. The molecule has 0 aromatic heterocycles. The van der Waals surface area contributed by atoms with Gasteiger partial charge in [-0.25, -0.2) is 0 Å². The summed E-state index contributed by atoms with van der Waals surface area (Å²) < 4.78 is 0. The van der Waals surface area contributed by atoms with E-state index >= 15 is 0 Å². The highest BCUT2D eigenvalue weighted by Crippen LogP contribution is 2.09. The zero-order chi connectivity index (χ0) is 12.0. The predicted molar refractivity (Wildman–Crippen MR) is 68.0 cm³/mol. The third-order valence-corrected chi connectivity index (χ3v) is 2.70. The quantitative estimate of drug-likeness (QED) is 0.723. The molecule has 1 aromatic carbocycles. The number of hydrogen-bond acceptors (Lipinski definition) is 1. The average molecular weight is 240 g/mol. The Morgan fingerprint density at radius 2 is 1.94 bits per heavy atom. The van der Waals surface area contributed by atoms with Crippen molar-refractivity contribution in [3.63, 3.8) is 0 Å². The van der Waals surface area contributed by atoms with Gasteiger partial charge in [0, 0.05) is 24.0 Å². The first-order valence-electron chi connectivity index (χ1n) is 5.58. The summed E-state index contributed by atoms with van der Waals surface area (Å²) in [7, 11) is 0. The maximum Gasteiger partial charge on any atom is 0.254 e. The van der Waals surface area contributed by atoms with Crippen molar-refractivity contribution in [1.29, 1.82) is 0 Å². The summed E-state index contributed by atoms with van der Waals surface area (Å²) >= 11 is 5.66.